The molecule has 19 heavy (non-hydrogen) atoms. The van der Waals surface area contributed by atoms with E-state index in [0.717, 1.165) is 16.0 Å². The quantitative estimate of drug-likeness (QED) is 0.898. The van der Waals surface area contributed by atoms with Crippen LogP contribution in [0.15, 0.2) is 18.2 Å². The SMILES string of the molecule is Cc1ccc(CN(CC(=O)O)CC(F)(F)F)c(C)c1. The van der Waals surface area contributed by atoms with Gasteiger partial charge in [-0.2, -0.15) is 13.2 Å². The molecule has 0 atom stereocenters. The first-order chi connectivity index (χ1) is 8.67. The molecule has 0 fully saturated rings. The molecular weight excluding hydrogens is 259 g/mol. The first kappa shape index (κ1) is 15.5. The molecule has 0 saturated carbocycles. The summed E-state index contributed by atoms with van der Waals surface area (Å²) in [6.45, 7) is 1.80. The molecular formula is C13H16F3NO2. The first-order valence-electron chi connectivity index (χ1n) is 5.74. The van der Waals surface area contributed by atoms with Crippen LogP contribution in [0.3, 0.4) is 0 Å². The lowest BCUT2D eigenvalue weighted by Gasteiger charge is -2.22. The highest BCUT2D eigenvalue weighted by atomic mass is 19.4. The first-order valence-corrected chi connectivity index (χ1v) is 5.74. The van der Waals surface area contributed by atoms with Gasteiger partial charge in [0, 0.05) is 6.54 Å². The number of rotatable bonds is 5. The van der Waals surface area contributed by atoms with Gasteiger partial charge in [-0.05, 0) is 25.0 Å². The smallest absolute Gasteiger partial charge is 0.401 e. The van der Waals surface area contributed by atoms with Crippen LogP contribution in [-0.4, -0.2) is 35.2 Å². The molecule has 106 valence electrons. The van der Waals surface area contributed by atoms with Gasteiger partial charge in [-0.15, -0.1) is 0 Å². The largest absolute Gasteiger partial charge is 0.480 e. The monoisotopic (exact) mass is 275 g/mol. The molecule has 0 radical (unpaired) electrons. The zero-order valence-corrected chi connectivity index (χ0v) is 10.8. The van der Waals surface area contributed by atoms with Crippen LogP contribution >= 0.6 is 0 Å². The predicted molar refractivity (Wildman–Crippen MR) is 64.9 cm³/mol. The third-order valence-corrected chi connectivity index (χ3v) is 2.65. The second-order valence-electron chi connectivity index (χ2n) is 4.58. The van der Waals surface area contributed by atoms with Gasteiger partial charge in [0.1, 0.15) is 0 Å². The van der Waals surface area contributed by atoms with Crippen LogP contribution < -0.4 is 0 Å². The van der Waals surface area contributed by atoms with Crippen molar-refractivity contribution in [3.63, 3.8) is 0 Å². The Morgan fingerprint density at radius 3 is 2.42 bits per heavy atom. The number of aliphatic carboxylic acids is 1. The van der Waals surface area contributed by atoms with Crippen molar-refractivity contribution in [3.05, 3.63) is 34.9 Å². The maximum atomic E-state index is 12.4. The minimum atomic E-state index is -4.41. The van der Waals surface area contributed by atoms with E-state index in [0.29, 0.717) is 5.56 Å². The lowest BCUT2D eigenvalue weighted by atomic mass is 10.1. The predicted octanol–water partition coefficient (Wildman–Crippen LogP) is 2.75. The van der Waals surface area contributed by atoms with Crippen molar-refractivity contribution < 1.29 is 23.1 Å². The number of hydrogen-bond acceptors (Lipinski definition) is 2. The van der Waals surface area contributed by atoms with Crippen LogP contribution in [-0.2, 0) is 11.3 Å². The number of halogens is 3. The number of carboxylic acids is 1. The molecule has 0 bridgehead atoms. The molecule has 0 aliphatic heterocycles. The van der Waals surface area contributed by atoms with Crippen molar-refractivity contribution in [2.75, 3.05) is 13.1 Å². The molecule has 0 aromatic heterocycles. The molecule has 0 saturated heterocycles. The lowest BCUT2D eigenvalue weighted by molar-refractivity contribution is -0.154. The molecule has 1 aromatic rings. The lowest BCUT2D eigenvalue weighted by Crippen LogP contribution is -2.37. The van der Waals surface area contributed by atoms with E-state index in [-0.39, 0.29) is 6.54 Å². The summed E-state index contributed by atoms with van der Waals surface area (Å²) in [7, 11) is 0. The molecule has 0 amide bonds. The fourth-order valence-electron chi connectivity index (χ4n) is 1.88. The maximum Gasteiger partial charge on any atom is 0.401 e. The van der Waals surface area contributed by atoms with Crippen LogP contribution in [0.1, 0.15) is 16.7 Å². The average molecular weight is 275 g/mol. The summed E-state index contributed by atoms with van der Waals surface area (Å²) < 4.78 is 37.2. The Balaban J connectivity index is 2.84. The summed E-state index contributed by atoms with van der Waals surface area (Å²) >= 11 is 0. The number of benzene rings is 1. The van der Waals surface area contributed by atoms with E-state index in [9.17, 15) is 18.0 Å². The molecule has 3 nitrogen and oxygen atoms in total. The van der Waals surface area contributed by atoms with Crippen LogP contribution in [0.4, 0.5) is 13.2 Å². The zero-order valence-electron chi connectivity index (χ0n) is 10.8. The molecule has 1 N–H and O–H groups in total. The summed E-state index contributed by atoms with van der Waals surface area (Å²) in [6.07, 6.45) is -4.41. The van der Waals surface area contributed by atoms with Crippen molar-refractivity contribution in [1.82, 2.24) is 4.90 Å². The van der Waals surface area contributed by atoms with Crippen molar-refractivity contribution in [3.8, 4) is 0 Å². The van der Waals surface area contributed by atoms with Crippen LogP contribution in [0.2, 0.25) is 0 Å². The molecule has 0 aliphatic rings. The third-order valence-electron chi connectivity index (χ3n) is 2.65. The molecule has 1 aromatic carbocycles. The van der Waals surface area contributed by atoms with E-state index in [2.05, 4.69) is 0 Å². The molecule has 0 spiro atoms. The Bertz CT molecular complexity index is 458. The van der Waals surface area contributed by atoms with Gasteiger partial charge < -0.3 is 5.11 Å². The third kappa shape index (κ3) is 5.74. The summed E-state index contributed by atoms with van der Waals surface area (Å²) in [5.41, 5.74) is 2.58. The standard InChI is InChI=1S/C13H16F3NO2/c1-9-3-4-11(10(2)5-9)6-17(7-12(18)19)8-13(14,15)16/h3-5H,6-8H2,1-2H3,(H,18,19). The molecule has 0 aliphatic carbocycles. The van der Waals surface area contributed by atoms with E-state index in [1.165, 1.54) is 0 Å². The highest BCUT2D eigenvalue weighted by molar-refractivity contribution is 5.69. The van der Waals surface area contributed by atoms with Crippen molar-refractivity contribution in [2.45, 2.75) is 26.6 Å². The second kappa shape index (κ2) is 6.06. The maximum absolute atomic E-state index is 12.4. The summed E-state index contributed by atoms with van der Waals surface area (Å²) in [5, 5.41) is 8.66. The van der Waals surface area contributed by atoms with Gasteiger partial charge in [0.25, 0.3) is 0 Å². The number of carbonyl (C=O) groups is 1. The summed E-state index contributed by atoms with van der Waals surface area (Å²) in [6, 6.07) is 5.40. The van der Waals surface area contributed by atoms with Gasteiger partial charge in [0.2, 0.25) is 0 Å². The fourth-order valence-corrected chi connectivity index (χ4v) is 1.88. The summed E-state index contributed by atoms with van der Waals surface area (Å²) in [4.78, 5) is 11.5. The highest BCUT2D eigenvalue weighted by Crippen LogP contribution is 2.19. The minimum Gasteiger partial charge on any atom is -0.480 e. The average Bonchev–Trinajstić information content (AvgIpc) is 2.18. The minimum absolute atomic E-state index is 0.0298. The summed E-state index contributed by atoms with van der Waals surface area (Å²) in [5.74, 6) is -1.27. The molecule has 1 rings (SSSR count). The van der Waals surface area contributed by atoms with Gasteiger partial charge in [-0.25, -0.2) is 0 Å². The van der Waals surface area contributed by atoms with Gasteiger partial charge >= 0.3 is 12.1 Å². The van der Waals surface area contributed by atoms with Crippen molar-refractivity contribution >= 4 is 5.97 Å². The van der Waals surface area contributed by atoms with Gasteiger partial charge in [0.15, 0.2) is 0 Å². The van der Waals surface area contributed by atoms with E-state index >= 15 is 0 Å². The Kier molecular flexibility index (Phi) is 4.94. The number of hydrogen-bond donors (Lipinski definition) is 1. The van der Waals surface area contributed by atoms with E-state index in [1.54, 1.807) is 19.1 Å². The molecule has 0 heterocycles. The second-order valence-corrected chi connectivity index (χ2v) is 4.58. The zero-order chi connectivity index (χ0) is 14.6. The number of alkyl halides is 3. The fraction of sp³-hybridized carbons (Fsp3) is 0.462. The van der Waals surface area contributed by atoms with E-state index < -0.39 is 25.2 Å². The van der Waals surface area contributed by atoms with Crippen LogP contribution in [0.5, 0.6) is 0 Å². The number of nitrogens with zero attached hydrogens (tertiary/aromatic N) is 1. The number of carboxylic acid groups (broad SMARTS) is 1. The Hall–Kier alpha value is -1.56. The Morgan fingerprint density at radius 2 is 1.95 bits per heavy atom. The van der Waals surface area contributed by atoms with Gasteiger partial charge in [-0.1, -0.05) is 23.8 Å². The molecule has 6 heteroatoms. The van der Waals surface area contributed by atoms with Crippen LogP contribution in [0.25, 0.3) is 0 Å². The van der Waals surface area contributed by atoms with E-state index in [1.807, 2.05) is 13.0 Å². The Labute approximate surface area is 109 Å². The Morgan fingerprint density at radius 1 is 1.32 bits per heavy atom. The topological polar surface area (TPSA) is 40.5 Å². The van der Waals surface area contributed by atoms with Gasteiger partial charge in [0.05, 0.1) is 13.1 Å². The van der Waals surface area contributed by atoms with Crippen molar-refractivity contribution in [1.29, 1.82) is 0 Å². The number of aryl methyl sites for hydroxylation is 2. The van der Waals surface area contributed by atoms with Crippen LogP contribution in [0, 0.1) is 13.8 Å². The van der Waals surface area contributed by atoms with E-state index in [4.69, 9.17) is 5.11 Å². The normalized spacial score (nSPS) is 11.9. The molecule has 0 unspecified atom stereocenters. The van der Waals surface area contributed by atoms with Crippen molar-refractivity contribution in [2.24, 2.45) is 0 Å². The van der Waals surface area contributed by atoms with Gasteiger partial charge in [-0.3, -0.25) is 9.69 Å². The highest BCUT2D eigenvalue weighted by Gasteiger charge is 2.31.